The predicted octanol–water partition coefficient (Wildman–Crippen LogP) is 3.28. The summed E-state index contributed by atoms with van der Waals surface area (Å²) in [6, 6.07) is 14.7. The number of anilines is 2. The third-order valence-corrected chi connectivity index (χ3v) is 5.63. The summed E-state index contributed by atoms with van der Waals surface area (Å²) < 4.78 is 5.21. The molecule has 32 heavy (non-hydrogen) atoms. The Balaban J connectivity index is 1.60. The quantitative estimate of drug-likeness (QED) is 0.645. The van der Waals surface area contributed by atoms with E-state index in [4.69, 9.17) is 4.74 Å². The number of hydrogen-bond donors (Lipinski definition) is 1. The molecule has 8 nitrogen and oxygen atoms in total. The third-order valence-electron chi connectivity index (χ3n) is 5.63. The molecule has 2 amide bonds. The summed E-state index contributed by atoms with van der Waals surface area (Å²) in [4.78, 5) is 37.9. The summed E-state index contributed by atoms with van der Waals surface area (Å²) in [5, 5.41) is 3.03. The van der Waals surface area contributed by atoms with Gasteiger partial charge < -0.3 is 19.9 Å². The van der Waals surface area contributed by atoms with Gasteiger partial charge in [-0.05, 0) is 42.8 Å². The number of fused-ring (bicyclic) bond motifs is 1. The number of nitrogens with one attached hydrogen (secondary N) is 1. The fourth-order valence-corrected chi connectivity index (χ4v) is 3.59. The molecule has 0 aliphatic carbocycles. The Labute approximate surface area is 186 Å². The van der Waals surface area contributed by atoms with Crippen LogP contribution >= 0.6 is 0 Å². The summed E-state index contributed by atoms with van der Waals surface area (Å²) in [6.45, 7) is 2.45. The van der Waals surface area contributed by atoms with Crippen molar-refractivity contribution in [2.24, 2.45) is 0 Å². The predicted molar refractivity (Wildman–Crippen MR) is 122 cm³/mol. The van der Waals surface area contributed by atoms with Crippen LogP contribution in [0.2, 0.25) is 0 Å². The Bertz CT molecular complexity index is 1120. The van der Waals surface area contributed by atoms with Gasteiger partial charge in [-0.25, -0.2) is 4.98 Å². The second-order valence-corrected chi connectivity index (χ2v) is 7.62. The Morgan fingerprint density at radius 2 is 2.00 bits per heavy atom. The van der Waals surface area contributed by atoms with Crippen LogP contribution in [0.15, 0.2) is 60.9 Å². The van der Waals surface area contributed by atoms with Crippen molar-refractivity contribution in [3.8, 4) is 5.75 Å². The van der Waals surface area contributed by atoms with Gasteiger partial charge in [0.05, 0.1) is 43.2 Å². The average Bonchev–Trinajstić information content (AvgIpc) is 2.85. The van der Waals surface area contributed by atoms with Crippen LogP contribution < -0.4 is 15.0 Å². The first kappa shape index (κ1) is 21.3. The monoisotopic (exact) mass is 431 g/mol. The first-order valence-electron chi connectivity index (χ1n) is 10.3. The molecule has 4 rings (SSSR count). The van der Waals surface area contributed by atoms with Gasteiger partial charge in [0.1, 0.15) is 5.75 Å². The molecule has 0 spiro atoms. The SMILES string of the molecule is COc1ccc(CN2C(=O)CNc3ncc(C(=O)N(C)C(C)c4ccccn4)cc32)cc1. The molecule has 1 aliphatic rings. The highest BCUT2D eigenvalue weighted by Gasteiger charge is 2.28. The summed E-state index contributed by atoms with van der Waals surface area (Å²) in [6.07, 6.45) is 3.25. The van der Waals surface area contributed by atoms with Crippen LogP contribution in [0.3, 0.4) is 0 Å². The number of nitrogens with zero attached hydrogens (tertiary/aromatic N) is 4. The van der Waals surface area contributed by atoms with Crippen LogP contribution in [-0.4, -0.2) is 47.4 Å². The number of carbonyl (C=O) groups excluding carboxylic acids is 2. The number of rotatable bonds is 6. The molecule has 164 valence electrons. The fourth-order valence-electron chi connectivity index (χ4n) is 3.59. The van der Waals surface area contributed by atoms with E-state index >= 15 is 0 Å². The molecular formula is C24H25N5O3. The molecule has 3 aromatic rings. The highest BCUT2D eigenvalue weighted by Crippen LogP contribution is 2.31. The van der Waals surface area contributed by atoms with Gasteiger partial charge in [-0.15, -0.1) is 0 Å². The summed E-state index contributed by atoms with van der Waals surface area (Å²) in [5.74, 6) is 1.05. The largest absolute Gasteiger partial charge is 0.497 e. The summed E-state index contributed by atoms with van der Waals surface area (Å²) >= 11 is 0. The molecule has 0 fully saturated rings. The minimum absolute atomic E-state index is 0.0880. The molecule has 1 unspecified atom stereocenters. The van der Waals surface area contributed by atoms with Crippen LogP contribution in [-0.2, 0) is 11.3 Å². The molecule has 2 aromatic heterocycles. The first-order chi connectivity index (χ1) is 15.5. The van der Waals surface area contributed by atoms with Crippen LogP contribution in [0.5, 0.6) is 5.75 Å². The Kier molecular flexibility index (Phi) is 6.02. The van der Waals surface area contributed by atoms with Gasteiger partial charge in [0.25, 0.3) is 5.91 Å². The molecule has 0 radical (unpaired) electrons. The van der Waals surface area contributed by atoms with Crippen LogP contribution in [0.4, 0.5) is 11.5 Å². The van der Waals surface area contributed by atoms with Crippen molar-refractivity contribution in [3.05, 3.63) is 77.7 Å². The zero-order valence-corrected chi connectivity index (χ0v) is 18.3. The van der Waals surface area contributed by atoms with Gasteiger partial charge >= 0.3 is 0 Å². The Hall–Kier alpha value is -3.94. The van der Waals surface area contributed by atoms with E-state index in [0.29, 0.717) is 23.6 Å². The zero-order chi connectivity index (χ0) is 22.7. The Morgan fingerprint density at radius 3 is 2.69 bits per heavy atom. The van der Waals surface area contributed by atoms with E-state index in [1.165, 1.54) is 6.20 Å². The first-order valence-corrected chi connectivity index (χ1v) is 10.3. The number of carbonyl (C=O) groups is 2. The molecule has 1 aliphatic heterocycles. The normalized spacial score (nSPS) is 13.7. The second-order valence-electron chi connectivity index (χ2n) is 7.62. The topological polar surface area (TPSA) is 87.7 Å². The molecule has 0 saturated heterocycles. The smallest absolute Gasteiger partial charge is 0.255 e. The van der Waals surface area contributed by atoms with E-state index in [9.17, 15) is 9.59 Å². The minimum Gasteiger partial charge on any atom is -0.497 e. The van der Waals surface area contributed by atoms with E-state index in [0.717, 1.165) is 17.0 Å². The summed E-state index contributed by atoms with van der Waals surface area (Å²) in [5.41, 5.74) is 2.74. The highest BCUT2D eigenvalue weighted by molar-refractivity contribution is 6.04. The number of methoxy groups -OCH3 is 1. The van der Waals surface area contributed by atoms with E-state index < -0.39 is 0 Å². The number of pyridine rings is 2. The fraction of sp³-hybridized carbons (Fsp3) is 0.250. The standard InChI is InChI=1S/C24H25N5O3/c1-16(20-6-4-5-11-25-20)28(2)24(31)18-12-21-23(26-13-18)27-14-22(30)29(21)15-17-7-9-19(32-3)10-8-17/h4-13,16H,14-15H2,1-3H3,(H,26,27). The van der Waals surface area contributed by atoms with Gasteiger partial charge in [-0.3, -0.25) is 14.6 Å². The maximum atomic E-state index is 13.2. The van der Waals surface area contributed by atoms with Crippen molar-refractivity contribution in [3.63, 3.8) is 0 Å². The van der Waals surface area contributed by atoms with Gasteiger partial charge in [0.15, 0.2) is 5.82 Å². The number of ether oxygens (including phenoxy) is 1. The maximum Gasteiger partial charge on any atom is 0.255 e. The molecule has 8 heteroatoms. The van der Waals surface area contributed by atoms with Crippen molar-refractivity contribution < 1.29 is 14.3 Å². The van der Waals surface area contributed by atoms with Crippen LogP contribution in [0, 0.1) is 0 Å². The number of hydrogen-bond acceptors (Lipinski definition) is 6. The molecule has 3 heterocycles. The van der Waals surface area contributed by atoms with E-state index in [-0.39, 0.29) is 24.4 Å². The lowest BCUT2D eigenvalue weighted by atomic mass is 10.1. The molecule has 0 saturated carbocycles. The maximum absolute atomic E-state index is 13.2. The second kappa shape index (κ2) is 9.05. The van der Waals surface area contributed by atoms with Gasteiger partial charge in [-0.1, -0.05) is 18.2 Å². The number of aromatic nitrogens is 2. The van der Waals surface area contributed by atoms with E-state index in [2.05, 4.69) is 15.3 Å². The van der Waals surface area contributed by atoms with E-state index in [1.807, 2.05) is 49.4 Å². The summed E-state index contributed by atoms with van der Waals surface area (Å²) in [7, 11) is 3.35. The minimum atomic E-state index is -0.213. The van der Waals surface area contributed by atoms with Crippen molar-refractivity contribution in [2.75, 3.05) is 30.9 Å². The molecule has 1 atom stereocenters. The lowest BCUT2D eigenvalue weighted by Crippen LogP contribution is -2.40. The van der Waals surface area contributed by atoms with Crippen molar-refractivity contribution >= 4 is 23.3 Å². The van der Waals surface area contributed by atoms with Crippen molar-refractivity contribution in [1.29, 1.82) is 0 Å². The van der Waals surface area contributed by atoms with Crippen LogP contribution in [0.25, 0.3) is 0 Å². The average molecular weight is 431 g/mol. The number of amides is 2. The lowest BCUT2D eigenvalue weighted by molar-refractivity contribution is -0.117. The third kappa shape index (κ3) is 4.25. The molecule has 1 N–H and O–H groups in total. The molecule has 0 bridgehead atoms. The van der Waals surface area contributed by atoms with Crippen molar-refractivity contribution in [1.82, 2.24) is 14.9 Å². The van der Waals surface area contributed by atoms with Crippen LogP contribution in [0.1, 0.15) is 34.6 Å². The van der Waals surface area contributed by atoms with Gasteiger partial charge in [0.2, 0.25) is 5.91 Å². The molecule has 1 aromatic carbocycles. The zero-order valence-electron chi connectivity index (χ0n) is 18.3. The van der Waals surface area contributed by atoms with Crippen molar-refractivity contribution in [2.45, 2.75) is 19.5 Å². The highest BCUT2D eigenvalue weighted by atomic mass is 16.5. The van der Waals surface area contributed by atoms with Gasteiger partial charge in [0, 0.05) is 19.4 Å². The lowest BCUT2D eigenvalue weighted by Gasteiger charge is -2.30. The number of benzene rings is 1. The van der Waals surface area contributed by atoms with E-state index in [1.54, 1.807) is 36.2 Å². The Morgan fingerprint density at radius 1 is 1.22 bits per heavy atom. The van der Waals surface area contributed by atoms with Gasteiger partial charge in [-0.2, -0.15) is 0 Å². The molecular weight excluding hydrogens is 406 g/mol.